The van der Waals surface area contributed by atoms with Gasteiger partial charge in [0.05, 0.1) is 18.6 Å². The molecule has 6 rings (SSSR count). The summed E-state index contributed by atoms with van der Waals surface area (Å²) in [5.74, 6) is -4.64. The molecule has 1 saturated heterocycles. The molecule has 1 aromatic rings. The summed E-state index contributed by atoms with van der Waals surface area (Å²) in [4.78, 5) is 66.7. The first-order chi connectivity index (χ1) is 24.3. The topological polar surface area (TPSA) is 168 Å². The van der Waals surface area contributed by atoms with Crippen molar-refractivity contribution in [2.75, 3.05) is 0 Å². The second-order valence-electron chi connectivity index (χ2n) is 17.4. The molecule has 4 fully saturated rings. The average molecular weight is 727 g/mol. The van der Waals surface area contributed by atoms with Gasteiger partial charge < -0.3 is 33.2 Å². The number of ketones is 1. The Hall–Kier alpha value is -3.51. The lowest BCUT2D eigenvalue weighted by Gasteiger charge is -2.70. The van der Waals surface area contributed by atoms with E-state index in [-0.39, 0.29) is 24.2 Å². The quantitative estimate of drug-likeness (QED) is 0.139. The van der Waals surface area contributed by atoms with Crippen molar-refractivity contribution in [2.45, 2.75) is 137 Å². The molecular formula is C40H54O12. The summed E-state index contributed by atoms with van der Waals surface area (Å²) in [7, 11) is 0. The molecule has 0 amide bonds. The van der Waals surface area contributed by atoms with E-state index in [2.05, 4.69) is 0 Å². The number of epoxide rings is 1. The number of allylic oxidation sites excluding steroid dienone is 2. The molecule has 12 nitrogen and oxygen atoms in total. The van der Waals surface area contributed by atoms with Crippen LogP contribution in [0.15, 0.2) is 35.2 Å². The number of carbonyl (C=O) groups excluding carboxylic acids is 5. The van der Waals surface area contributed by atoms with Crippen LogP contribution in [0.3, 0.4) is 0 Å². The number of hydrogen-bond donors (Lipinski definition) is 1. The highest BCUT2D eigenvalue weighted by atomic mass is 16.6. The Kier molecular flexibility index (Phi) is 9.42. The predicted molar refractivity (Wildman–Crippen MR) is 184 cm³/mol. The fourth-order valence-corrected chi connectivity index (χ4v) is 11.4. The van der Waals surface area contributed by atoms with Gasteiger partial charge in [-0.05, 0) is 54.2 Å². The van der Waals surface area contributed by atoms with Crippen LogP contribution in [0.1, 0.15) is 100.0 Å². The monoisotopic (exact) mass is 726 g/mol. The maximum atomic E-state index is 14.4. The Bertz CT molecular complexity index is 1630. The molecule has 0 bridgehead atoms. The molecular weight excluding hydrogens is 672 g/mol. The van der Waals surface area contributed by atoms with Crippen LogP contribution in [-0.4, -0.2) is 77.5 Å². The van der Waals surface area contributed by atoms with E-state index in [9.17, 15) is 29.1 Å². The summed E-state index contributed by atoms with van der Waals surface area (Å²) in [6, 6.07) is 1.85. The van der Waals surface area contributed by atoms with Gasteiger partial charge in [-0.15, -0.1) is 0 Å². The molecule has 1 spiro atoms. The highest BCUT2D eigenvalue weighted by molar-refractivity contribution is 5.96. The number of ether oxygens (including phenoxy) is 5. The highest BCUT2D eigenvalue weighted by Gasteiger charge is 2.92. The minimum Gasteiger partial charge on any atom is -0.472 e. The Morgan fingerprint density at radius 3 is 2.31 bits per heavy atom. The fraction of sp³-hybridized carbons (Fsp3) is 0.725. The van der Waals surface area contributed by atoms with Gasteiger partial charge in [-0.1, -0.05) is 68.4 Å². The van der Waals surface area contributed by atoms with Gasteiger partial charge in [0.2, 0.25) is 6.10 Å². The third-order valence-electron chi connectivity index (χ3n) is 14.2. The van der Waals surface area contributed by atoms with E-state index in [1.165, 1.54) is 6.92 Å². The van der Waals surface area contributed by atoms with Crippen LogP contribution in [0.2, 0.25) is 0 Å². The lowest BCUT2D eigenvalue weighted by molar-refractivity contribution is -0.297. The molecule has 1 N–H and O–H groups in total. The number of rotatable bonds is 11. The minimum absolute atomic E-state index is 0.0975. The molecule has 1 aliphatic heterocycles. The van der Waals surface area contributed by atoms with Gasteiger partial charge in [0.1, 0.15) is 23.9 Å². The molecule has 0 radical (unpaired) electrons. The zero-order valence-corrected chi connectivity index (χ0v) is 31.9. The molecule has 5 aliphatic rings. The summed E-state index contributed by atoms with van der Waals surface area (Å²) in [6.07, 6.45) is 1.69. The van der Waals surface area contributed by atoms with Crippen LogP contribution in [0, 0.1) is 45.3 Å². The van der Waals surface area contributed by atoms with Crippen LogP contribution in [0.5, 0.6) is 0 Å². The van der Waals surface area contributed by atoms with E-state index in [4.69, 9.17) is 28.1 Å². The van der Waals surface area contributed by atoms with Gasteiger partial charge in [-0.25, -0.2) is 9.59 Å². The van der Waals surface area contributed by atoms with E-state index in [0.717, 1.165) is 5.56 Å². The van der Waals surface area contributed by atoms with Crippen LogP contribution in [-0.2, 0) is 47.7 Å². The number of fused-ring (bicyclic) bond motifs is 3. The maximum absolute atomic E-state index is 14.4. The normalized spacial score (nSPS) is 41.3. The zero-order valence-electron chi connectivity index (χ0n) is 31.9. The van der Waals surface area contributed by atoms with Crippen LogP contribution in [0.4, 0.5) is 0 Å². The molecule has 1 aromatic heterocycles. The van der Waals surface area contributed by atoms with Gasteiger partial charge in [0.25, 0.3) is 6.47 Å². The van der Waals surface area contributed by atoms with Gasteiger partial charge in [-0.2, -0.15) is 0 Å². The first-order valence-electron chi connectivity index (χ1n) is 18.6. The molecule has 0 aromatic carbocycles. The van der Waals surface area contributed by atoms with Crippen molar-refractivity contribution < 1.29 is 57.2 Å². The van der Waals surface area contributed by atoms with Gasteiger partial charge >= 0.3 is 17.9 Å². The predicted octanol–water partition coefficient (Wildman–Crippen LogP) is 5.10. The second-order valence-corrected chi connectivity index (χ2v) is 17.4. The molecule has 2 heterocycles. The largest absolute Gasteiger partial charge is 0.472 e. The summed E-state index contributed by atoms with van der Waals surface area (Å²) >= 11 is 0. The standard InChI is InChI=1S/C40H54O12/c1-11-21(4)30(49-22(5)42)35(46)51-33-31(48-19-41)32-37(8)14-12-26(43)36(6,7)25(37)17-27(50-34(45)29(44)20(2)3)39(32,10)40-28(52-40)16-24(38(33,40)9)23-13-15-47-18-23/h12-15,18-21,24-25,27-33,44H,11,16-17H2,1-10H3. The molecule has 12 heteroatoms. The molecule has 286 valence electrons. The maximum Gasteiger partial charge on any atom is 0.348 e. The lowest BCUT2D eigenvalue weighted by Crippen LogP contribution is -2.78. The van der Waals surface area contributed by atoms with Crippen LogP contribution in [0.25, 0.3) is 0 Å². The van der Waals surface area contributed by atoms with Crippen molar-refractivity contribution in [3.05, 3.63) is 36.3 Å². The van der Waals surface area contributed by atoms with Gasteiger partial charge in [-0.3, -0.25) is 14.4 Å². The summed E-state index contributed by atoms with van der Waals surface area (Å²) in [5.41, 5.74) is -4.34. The van der Waals surface area contributed by atoms with Crippen molar-refractivity contribution in [3.8, 4) is 0 Å². The van der Waals surface area contributed by atoms with Crippen molar-refractivity contribution in [3.63, 3.8) is 0 Å². The number of carbonyl (C=O) groups is 5. The first-order valence-corrected chi connectivity index (χ1v) is 18.6. The molecule has 3 saturated carbocycles. The lowest BCUT2D eigenvalue weighted by atomic mass is 9.35. The van der Waals surface area contributed by atoms with E-state index < -0.39 is 99.4 Å². The third-order valence-corrected chi connectivity index (χ3v) is 14.2. The molecule has 14 atom stereocenters. The number of hydrogen-bond acceptors (Lipinski definition) is 12. The number of esters is 3. The van der Waals surface area contributed by atoms with E-state index in [1.54, 1.807) is 39.4 Å². The number of aliphatic hydroxyl groups excluding tert-OH is 1. The van der Waals surface area contributed by atoms with E-state index in [0.29, 0.717) is 19.3 Å². The second kappa shape index (κ2) is 12.8. The number of furan rings is 1. The van der Waals surface area contributed by atoms with E-state index >= 15 is 0 Å². The molecule has 4 aliphatic carbocycles. The minimum atomic E-state index is -1.41. The van der Waals surface area contributed by atoms with Gasteiger partial charge in [0.15, 0.2) is 11.9 Å². The third kappa shape index (κ3) is 5.09. The SMILES string of the molecule is CCC(C)C(OC(C)=O)C(=O)OC1C(OC=O)C2C3(C)C=CC(=O)C(C)(C)C3CC(OC(=O)C(O)C(C)C)C2(C)C23OC2CC(c2ccoc2)C13C. The Morgan fingerprint density at radius 1 is 1.04 bits per heavy atom. The van der Waals surface area contributed by atoms with Crippen molar-refractivity contribution in [1.29, 1.82) is 0 Å². The van der Waals surface area contributed by atoms with Crippen molar-refractivity contribution in [1.82, 2.24) is 0 Å². The zero-order chi connectivity index (χ0) is 38.3. The first kappa shape index (κ1) is 38.2. The van der Waals surface area contributed by atoms with Crippen LogP contribution < -0.4 is 0 Å². The average Bonchev–Trinajstić information content (AvgIpc) is 3.43. The van der Waals surface area contributed by atoms with Crippen molar-refractivity contribution >= 4 is 30.2 Å². The molecule has 52 heavy (non-hydrogen) atoms. The summed E-state index contributed by atoms with van der Waals surface area (Å²) in [6.45, 7) is 18.4. The van der Waals surface area contributed by atoms with Crippen LogP contribution >= 0.6 is 0 Å². The highest BCUT2D eigenvalue weighted by Crippen LogP contribution is 2.83. The number of aliphatic hydroxyl groups is 1. The smallest absolute Gasteiger partial charge is 0.348 e. The molecule has 14 unspecified atom stereocenters. The summed E-state index contributed by atoms with van der Waals surface area (Å²) in [5, 5.41) is 10.9. The van der Waals surface area contributed by atoms with Gasteiger partial charge in [0, 0.05) is 40.9 Å². The summed E-state index contributed by atoms with van der Waals surface area (Å²) < 4.78 is 37.2. The fourth-order valence-electron chi connectivity index (χ4n) is 11.4. The Morgan fingerprint density at radius 2 is 1.73 bits per heavy atom. The van der Waals surface area contributed by atoms with E-state index in [1.807, 2.05) is 53.7 Å². The Labute approximate surface area is 305 Å². The Balaban J connectivity index is 1.61. The van der Waals surface area contributed by atoms with Crippen molar-refractivity contribution in [2.24, 2.45) is 45.3 Å².